The van der Waals surface area contributed by atoms with Gasteiger partial charge in [0.1, 0.15) is 0 Å². The van der Waals surface area contributed by atoms with E-state index in [-0.39, 0.29) is 40.4 Å². The smallest absolute Gasteiger partial charge is 0.340 e. The molecule has 1 aromatic carbocycles. The van der Waals surface area contributed by atoms with Gasteiger partial charge in [0.15, 0.2) is 0 Å². The number of carboxylic acids is 1. The largest absolute Gasteiger partial charge is 0.478 e. The van der Waals surface area contributed by atoms with Crippen LogP contribution in [0.5, 0.6) is 0 Å². The summed E-state index contributed by atoms with van der Waals surface area (Å²) in [5, 5.41) is 30.2. The second kappa shape index (κ2) is 7.70. The monoisotopic (exact) mass is 360 g/mol. The molecule has 0 bridgehead atoms. The first-order valence-corrected chi connectivity index (χ1v) is 7.61. The normalized spacial score (nSPS) is 10.4. The number of aryl methyl sites for hydroxylation is 1. The second-order valence-electron chi connectivity index (χ2n) is 5.26. The van der Waals surface area contributed by atoms with Crippen molar-refractivity contribution in [3.8, 4) is 11.1 Å². The predicted octanol–water partition coefficient (Wildman–Crippen LogP) is 2.33. The van der Waals surface area contributed by atoms with E-state index in [0.717, 1.165) is 6.07 Å². The zero-order valence-corrected chi connectivity index (χ0v) is 14.1. The van der Waals surface area contributed by atoms with Gasteiger partial charge in [-0.05, 0) is 19.4 Å². The summed E-state index contributed by atoms with van der Waals surface area (Å²) in [7, 11) is 0. The first-order chi connectivity index (χ1) is 12.3. The standard InChI is InChI=1S/C17H16N2O7/c1-3-26-17(23)13-9(2)18-12(8-20)15(16(21)22)14(13)10-5-4-6-11(7-10)19(24)25/h4-7,20H,3,8H2,1-2H3,(H,21,22). The average molecular weight is 360 g/mol. The number of aromatic nitrogens is 1. The summed E-state index contributed by atoms with van der Waals surface area (Å²) in [4.78, 5) is 38.6. The number of nitrogens with zero attached hydrogens (tertiary/aromatic N) is 2. The number of aromatic carboxylic acids is 1. The number of pyridine rings is 1. The van der Waals surface area contributed by atoms with Gasteiger partial charge in [0, 0.05) is 17.7 Å². The summed E-state index contributed by atoms with van der Waals surface area (Å²) in [5.74, 6) is -2.22. The molecule has 2 aromatic rings. The maximum absolute atomic E-state index is 12.4. The molecule has 0 aliphatic heterocycles. The molecule has 0 fully saturated rings. The SMILES string of the molecule is CCOC(=O)c1c(C)nc(CO)c(C(=O)O)c1-c1cccc([N+](=O)[O-])c1. The highest BCUT2D eigenvalue weighted by molar-refractivity contribution is 6.06. The predicted molar refractivity (Wildman–Crippen MR) is 89.9 cm³/mol. The van der Waals surface area contributed by atoms with Gasteiger partial charge < -0.3 is 14.9 Å². The number of aliphatic hydroxyl groups excluding tert-OH is 1. The van der Waals surface area contributed by atoms with Crippen LogP contribution in [-0.4, -0.2) is 38.7 Å². The van der Waals surface area contributed by atoms with Crippen molar-refractivity contribution in [3.63, 3.8) is 0 Å². The molecule has 0 saturated heterocycles. The zero-order valence-electron chi connectivity index (χ0n) is 14.1. The van der Waals surface area contributed by atoms with E-state index in [1.165, 1.54) is 25.1 Å². The van der Waals surface area contributed by atoms with Crippen molar-refractivity contribution in [1.29, 1.82) is 0 Å². The van der Waals surface area contributed by atoms with Crippen molar-refractivity contribution in [1.82, 2.24) is 4.98 Å². The zero-order chi connectivity index (χ0) is 19.4. The lowest BCUT2D eigenvalue weighted by atomic mass is 9.92. The maximum Gasteiger partial charge on any atom is 0.340 e. The lowest BCUT2D eigenvalue weighted by molar-refractivity contribution is -0.384. The number of nitro benzene ring substituents is 1. The number of nitro groups is 1. The molecule has 0 saturated carbocycles. The molecule has 2 rings (SSSR count). The van der Waals surface area contributed by atoms with E-state index in [9.17, 15) is 29.9 Å². The summed E-state index contributed by atoms with van der Waals surface area (Å²) in [5.41, 5.74) is -0.711. The van der Waals surface area contributed by atoms with Gasteiger partial charge in [-0.2, -0.15) is 0 Å². The molecule has 26 heavy (non-hydrogen) atoms. The van der Waals surface area contributed by atoms with Crippen LogP contribution in [0, 0.1) is 17.0 Å². The molecule has 0 spiro atoms. The Kier molecular flexibility index (Phi) is 5.63. The third-order valence-electron chi connectivity index (χ3n) is 3.64. The van der Waals surface area contributed by atoms with Gasteiger partial charge in [0.05, 0.1) is 40.7 Å². The van der Waals surface area contributed by atoms with Gasteiger partial charge in [0.25, 0.3) is 5.69 Å². The van der Waals surface area contributed by atoms with Crippen molar-refractivity contribution in [2.75, 3.05) is 6.61 Å². The summed E-state index contributed by atoms with van der Waals surface area (Å²) < 4.78 is 4.99. The van der Waals surface area contributed by atoms with Gasteiger partial charge in [-0.25, -0.2) is 9.59 Å². The molecule has 0 unspecified atom stereocenters. The van der Waals surface area contributed by atoms with Crippen LogP contribution >= 0.6 is 0 Å². The van der Waals surface area contributed by atoms with Crippen molar-refractivity contribution in [3.05, 3.63) is 56.9 Å². The highest BCUT2D eigenvalue weighted by Crippen LogP contribution is 2.34. The number of rotatable bonds is 6. The van der Waals surface area contributed by atoms with E-state index < -0.39 is 29.0 Å². The van der Waals surface area contributed by atoms with Crippen LogP contribution in [0.25, 0.3) is 11.1 Å². The Balaban J connectivity index is 2.93. The molecule has 136 valence electrons. The Labute approximate surface area is 148 Å². The van der Waals surface area contributed by atoms with Gasteiger partial charge in [-0.3, -0.25) is 15.1 Å². The topological polar surface area (TPSA) is 140 Å². The Morgan fingerprint density at radius 3 is 2.54 bits per heavy atom. The molecule has 0 atom stereocenters. The lowest BCUT2D eigenvalue weighted by Crippen LogP contribution is -2.17. The number of aliphatic hydroxyl groups is 1. The molecular weight excluding hydrogens is 344 g/mol. The Morgan fingerprint density at radius 1 is 1.31 bits per heavy atom. The number of carbonyl (C=O) groups excluding carboxylic acids is 1. The third kappa shape index (κ3) is 3.52. The molecular formula is C17H16N2O7. The van der Waals surface area contributed by atoms with Crippen molar-refractivity contribution >= 4 is 17.6 Å². The number of carbonyl (C=O) groups is 2. The Hall–Kier alpha value is -3.33. The van der Waals surface area contributed by atoms with Crippen LogP contribution in [0.1, 0.15) is 39.0 Å². The van der Waals surface area contributed by atoms with Crippen LogP contribution < -0.4 is 0 Å². The summed E-state index contributed by atoms with van der Waals surface area (Å²) >= 11 is 0. The fraction of sp³-hybridized carbons (Fsp3) is 0.235. The molecule has 0 aliphatic carbocycles. The first kappa shape index (κ1) is 19.0. The number of esters is 1. The minimum absolute atomic E-state index is 0.0524. The molecule has 0 radical (unpaired) electrons. The second-order valence-corrected chi connectivity index (χ2v) is 5.26. The van der Waals surface area contributed by atoms with Crippen LogP contribution in [-0.2, 0) is 11.3 Å². The van der Waals surface area contributed by atoms with Gasteiger partial charge >= 0.3 is 11.9 Å². The van der Waals surface area contributed by atoms with Gasteiger partial charge in [-0.1, -0.05) is 12.1 Å². The molecule has 9 heteroatoms. The van der Waals surface area contributed by atoms with Crippen LogP contribution in [0.15, 0.2) is 24.3 Å². The molecule has 9 nitrogen and oxygen atoms in total. The number of ether oxygens (including phenoxy) is 1. The molecule has 0 amide bonds. The van der Waals surface area contributed by atoms with Crippen LogP contribution in [0.2, 0.25) is 0 Å². The third-order valence-corrected chi connectivity index (χ3v) is 3.64. The highest BCUT2D eigenvalue weighted by atomic mass is 16.6. The number of non-ortho nitro benzene ring substituents is 1. The van der Waals surface area contributed by atoms with E-state index >= 15 is 0 Å². The van der Waals surface area contributed by atoms with E-state index in [2.05, 4.69) is 4.98 Å². The van der Waals surface area contributed by atoms with Gasteiger partial charge in [0.2, 0.25) is 0 Å². The molecule has 1 heterocycles. The Bertz CT molecular complexity index is 893. The summed E-state index contributed by atoms with van der Waals surface area (Å²) in [6.07, 6.45) is 0. The van der Waals surface area contributed by atoms with Crippen molar-refractivity contribution in [2.45, 2.75) is 20.5 Å². The average Bonchev–Trinajstić information content (AvgIpc) is 2.60. The first-order valence-electron chi connectivity index (χ1n) is 7.61. The van der Waals surface area contributed by atoms with Gasteiger partial charge in [-0.15, -0.1) is 0 Å². The van der Waals surface area contributed by atoms with Crippen molar-refractivity contribution in [2.24, 2.45) is 0 Å². The molecule has 1 aromatic heterocycles. The number of hydrogen-bond donors (Lipinski definition) is 2. The fourth-order valence-electron chi connectivity index (χ4n) is 2.63. The molecule has 0 aliphatic rings. The minimum atomic E-state index is -1.42. The number of hydrogen-bond acceptors (Lipinski definition) is 7. The highest BCUT2D eigenvalue weighted by Gasteiger charge is 2.28. The van der Waals surface area contributed by atoms with Crippen molar-refractivity contribution < 1.29 is 29.5 Å². The van der Waals surface area contributed by atoms with Crippen LogP contribution in [0.3, 0.4) is 0 Å². The lowest BCUT2D eigenvalue weighted by Gasteiger charge is -2.17. The molecule has 2 N–H and O–H groups in total. The van der Waals surface area contributed by atoms with E-state index in [1.54, 1.807) is 6.92 Å². The van der Waals surface area contributed by atoms with E-state index in [1.807, 2.05) is 0 Å². The van der Waals surface area contributed by atoms with E-state index in [0.29, 0.717) is 0 Å². The fourth-order valence-corrected chi connectivity index (χ4v) is 2.63. The number of benzene rings is 1. The number of carboxylic acid groups (broad SMARTS) is 1. The maximum atomic E-state index is 12.4. The minimum Gasteiger partial charge on any atom is -0.478 e. The summed E-state index contributed by atoms with van der Waals surface area (Å²) in [6.45, 7) is 2.44. The van der Waals surface area contributed by atoms with Crippen LogP contribution in [0.4, 0.5) is 5.69 Å². The summed E-state index contributed by atoms with van der Waals surface area (Å²) in [6, 6.07) is 5.22. The van der Waals surface area contributed by atoms with E-state index in [4.69, 9.17) is 4.74 Å². The quantitative estimate of drug-likeness (QED) is 0.454. The Morgan fingerprint density at radius 2 is 2.00 bits per heavy atom.